The van der Waals surface area contributed by atoms with Crippen LogP contribution in [0.5, 0.6) is 11.5 Å². The van der Waals surface area contributed by atoms with Crippen LogP contribution in [0.4, 0.5) is 21.5 Å². The molecule has 1 saturated heterocycles. The zero-order chi connectivity index (χ0) is 28.8. The van der Waals surface area contributed by atoms with Crippen LogP contribution < -0.4 is 25.4 Å². The van der Waals surface area contributed by atoms with Crippen LogP contribution in [0.1, 0.15) is 24.0 Å². The fourth-order valence-corrected chi connectivity index (χ4v) is 4.82. The molecule has 0 aliphatic carbocycles. The van der Waals surface area contributed by atoms with Gasteiger partial charge in [-0.15, -0.1) is 0 Å². The van der Waals surface area contributed by atoms with Crippen LogP contribution in [0, 0.1) is 17.1 Å². The van der Waals surface area contributed by atoms with Gasteiger partial charge in [0.25, 0.3) is 0 Å². The number of halogens is 2. The Kier molecular flexibility index (Phi) is 8.63. The summed E-state index contributed by atoms with van der Waals surface area (Å²) in [6, 6.07) is 17.1. The van der Waals surface area contributed by atoms with E-state index in [1.807, 2.05) is 6.08 Å². The Morgan fingerprint density at radius 3 is 2.85 bits per heavy atom. The summed E-state index contributed by atoms with van der Waals surface area (Å²) in [5.41, 5.74) is 3.07. The van der Waals surface area contributed by atoms with E-state index >= 15 is 0 Å². The van der Waals surface area contributed by atoms with E-state index in [2.05, 4.69) is 27.0 Å². The second-order valence-corrected chi connectivity index (χ2v) is 9.88. The topological polar surface area (TPSA) is 108 Å². The summed E-state index contributed by atoms with van der Waals surface area (Å²) in [7, 11) is 1.51. The number of benzene rings is 3. The third kappa shape index (κ3) is 6.74. The van der Waals surface area contributed by atoms with Crippen molar-refractivity contribution in [1.29, 1.82) is 5.26 Å². The number of fused-ring (bicyclic) bond motifs is 1. The quantitative estimate of drug-likeness (QED) is 0.197. The van der Waals surface area contributed by atoms with Crippen LogP contribution in [0.3, 0.4) is 0 Å². The van der Waals surface area contributed by atoms with E-state index in [1.54, 1.807) is 42.5 Å². The Morgan fingerprint density at radius 2 is 2.12 bits per heavy atom. The van der Waals surface area contributed by atoms with Crippen molar-refractivity contribution in [3.05, 3.63) is 94.9 Å². The summed E-state index contributed by atoms with van der Waals surface area (Å²) in [6.45, 7) is 1.09. The molecule has 1 atom stereocenters. The molecule has 1 unspecified atom stereocenters. The van der Waals surface area contributed by atoms with Crippen molar-refractivity contribution < 1.29 is 18.7 Å². The lowest BCUT2D eigenvalue weighted by Crippen LogP contribution is -2.19. The Balaban J connectivity index is 1.40. The second-order valence-electron chi connectivity index (χ2n) is 9.47. The molecule has 1 aliphatic heterocycles. The molecule has 208 valence electrons. The maximum atomic E-state index is 13.5. The lowest BCUT2D eigenvalue weighted by Gasteiger charge is -2.16. The Bertz CT molecular complexity index is 1660. The number of hydrogen-bond donors (Lipinski definition) is 3. The lowest BCUT2D eigenvalue weighted by molar-refractivity contribution is -0.111. The maximum Gasteiger partial charge on any atom is 0.248 e. The molecule has 1 aromatic heterocycles. The molecule has 0 bridgehead atoms. The van der Waals surface area contributed by atoms with Gasteiger partial charge in [0, 0.05) is 35.5 Å². The number of anilines is 3. The number of aromatic nitrogens is 1. The average Bonchev–Trinajstić information content (AvgIpc) is 3.49. The van der Waals surface area contributed by atoms with E-state index in [1.165, 1.54) is 31.5 Å². The zero-order valence-electron chi connectivity index (χ0n) is 22.2. The van der Waals surface area contributed by atoms with Gasteiger partial charge >= 0.3 is 0 Å². The molecule has 0 spiro atoms. The molecular formula is C31H27ClFN5O3. The first-order valence-electron chi connectivity index (χ1n) is 13.0. The van der Waals surface area contributed by atoms with Gasteiger partial charge in [-0.3, -0.25) is 9.78 Å². The van der Waals surface area contributed by atoms with Crippen molar-refractivity contribution in [3.63, 3.8) is 0 Å². The number of nitrogens with zero attached hydrogens (tertiary/aromatic N) is 2. The minimum atomic E-state index is -0.340. The number of carbonyl (C=O) groups excluding carboxylic acids is 1. The number of rotatable bonds is 9. The SMILES string of the molecule is COc1cc2ncc(C#N)c(Nc3ccc(OCc4cccc(F)c4)c(Cl)c3)c2cc1NC(=O)/C=C/C1CCCN1. The highest BCUT2D eigenvalue weighted by Crippen LogP contribution is 2.37. The Labute approximate surface area is 241 Å². The van der Waals surface area contributed by atoms with E-state index in [9.17, 15) is 14.4 Å². The highest BCUT2D eigenvalue weighted by molar-refractivity contribution is 6.32. The van der Waals surface area contributed by atoms with Crippen LogP contribution in [-0.4, -0.2) is 30.6 Å². The predicted octanol–water partition coefficient (Wildman–Crippen LogP) is 6.48. The fourth-order valence-electron chi connectivity index (χ4n) is 4.59. The molecule has 4 aromatic rings. The van der Waals surface area contributed by atoms with E-state index < -0.39 is 0 Å². The van der Waals surface area contributed by atoms with Crippen molar-refractivity contribution in [3.8, 4) is 17.6 Å². The first kappa shape index (κ1) is 27.9. The Hall–Kier alpha value is -4.65. The van der Waals surface area contributed by atoms with Gasteiger partial charge in [-0.25, -0.2) is 4.39 Å². The van der Waals surface area contributed by atoms with Crippen molar-refractivity contribution in [2.45, 2.75) is 25.5 Å². The van der Waals surface area contributed by atoms with Gasteiger partial charge in [0.2, 0.25) is 5.91 Å². The zero-order valence-corrected chi connectivity index (χ0v) is 23.0. The van der Waals surface area contributed by atoms with Crippen molar-refractivity contribution in [2.75, 3.05) is 24.3 Å². The minimum absolute atomic E-state index is 0.153. The number of carbonyl (C=O) groups is 1. The number of ether oxygens (including phenoxy) is 2. The number of hydrogen-bond acceptors (Lipinski definition) is 7. The fraction of sp³-hybridized carbons (Fsp3) is 0.194. The first-order chi connectivity index (χ1) is 19.9. The molecule has 5 rings (SSSR count). The van der Waals surface area contributed by atoms with Crippen LogP contribution in [0.15, 0.2) is 72.9 Å². The summed E-state index contributed by atoms with van der Waals surface area (Å²) >= 11 is 6.49. The molecule has 1 amide bonds. The van der Waals surface area contributed by atoms with Gasteiger partial charge in [0.1, 0.15) is 30.0 Å². The van der Waals surface area contributed by atoms with E-state index in [-0.39, 0.29) is 24.4 Å². The number of amides is 1. The normalized spacial score (nSPS) is 14.6. The second kappa shape index (κ2) is 12.7. The number of pyridine rings is 1. The Morgan fingerprint density at radius 1 is 1.24 bits per heavy atom. The summed E-state index contributed by atoms with van der Waals surface area (Å²) < 4.78 is 24.8. The predicted molar refractivity (Wildman–Crippen MR) is 157 cm³/mol. The van der Waals surface area contributed by atoms with Gasteiger partial charge in [-0.1, -0.05) is 29.8 Å². The minimum Gasteiger partial charge on any atom is -0.494 e. The van der Waals surface area contributed by atoms with Crippen LogP contribution in [0.2, 0.25) is 5.02 Å². The van der Waals surface area contributed by atoms with Crippen molar-refractivity contribution in [2.24, 2.45) is 0 Å². The summed E-state index contributed by atoms with van der Waals surface area (Å²) in [5.74, 6) is 0.227. The van der Waals surface area contributed by atoms with Crippen LogP contribution in [0.25, 0.3) is 10.9 Å². The van der Waals surface area contributed by atoms with Crippen LogP contribution in [-0.2, 0) is 11.4 Å². The van der Waals surface area contributed by atoms with Crippen molar-refractivity contribution >= 4 is 45.5 Å². The first-order valence-corrected chi connectivity index (χ1v) is 13.4. The number of methoxy groups -OCH3 is 1. The smallest absolute Gasteiger partial charge is 0.248 e. The van der Waals surface area contributed by atoms with Gasteiger partial charge in [-0.05, 0) is 61.3 Å². The summed E-state index contributed by atoms with van der Waals surface area (Å²) in [5, 5.41) is 20.2. The molecular weight excluding hydrogens is 545 g/mol. The number of nitrogens with one attached hydrogen (secondary N) is 3. The van der Waals surface area contributed by atoms with Gasteiger partial charge < -0.3 is 25.4 Å². The maximum absolute atomic E-state index is 13.5. The number of nitriles is 1. The molecule has 41 heavy (non-hydrogen) atoms. The third-order valence-electron chi connectivity index (χ3n) is 6.63. The molecule has 2 heterocycles. The lowest BCUT2D eigenvalue weighted by atomic mass is 10.1. The van der Waals surface area contributed by atoms with Gasteiger partial charge in [-0.2, -0.15) is 5.26 Å². The average molecular weight is 572 g/mol. The van der Waals surface area contributed by atoms with Gasteiger partial charge in [0.05, 0.1) is 34.6 Å². The molecule has 8 nitrogen and oxygen atoms in total. The highest BCUT2D eigenvalue weighted by atomic mass is 35.5. The van der Waals surface area contributed by atoms with E-state index in [4.69, 9.17) is 21.1 Å². The molecule has 3 N–H and O–H groups in total. The molecule has 10 heteroatoms. The molecule has 1 fully saturated rings. The third-order valence-corrected chi connectivity index (χ3v) is 6.93. The largest absolute Gasteiger partial charge is 0.494 e. The highest BCUT2D eigenvalue weighted by Gasteiger charge is 2.16. The van der Waals surface area contributed by atoms with Crippen molar-refractivity contribution in [1.82, 2.24) is 10.3 Å². The molecule has 1 aliphatic rings. The van der Waals surface area contributed by atoms with Gasteiger partial charge in [0.15, 0.2) is 0 Å². The molecule has 0 radical (unpaired) electrons. The molecule has 0 saturated carbocycles. The summed E-state index contributed by atoms with van der Waals surface area (Å²) in [4.78, 5) is 17.1. The van der Waals surface area contributed by atoms with E-state index in [0.29, 0.717) is 55.6 Å². The standard InChI is InChI=1S/C31H27ClFN5O3/c1-40-29-15-26-24(14-27(29)38-30(39)10-8-22-6-3-11-35-22)31(20(16-34)17-36-26)37-23-7-9-28(25(32)13-23)41-18-19-4-2-5-21(33)12-19/h2,4-5,7-10,12-15,17,22,35H,3,6,11,18H2,1H3,(H,36,37)(H,38,39)/b10-8+. The molecule has 3 aromatic carbocycles. The monoisotopic (exact) mass is 571 g/mol. The van der Waals surface area contributed by atoms with E-state index in [0.717, 1.165) is 19.4 Å². The summed E-state index contributed by atoms with van der Waals surface area (Å²) in [6.07, 6.45) is 6.90. The van der Waals surface area contributed by atoms with Crippen LogP contribution >= 0.6 is 11.6 Å².